The SMILES string of the molecule is CONc1ccc(OCCN2CCCCC2)cc1. The van der Waals surface area contributed by atoms with Crippen LogP contribution < -0.4 is 10.2 Å². The second-order valence-corrected chi connectivity index (χ2v) is 4.58. The van der Waals surface area contributed by atoms with E-state index in [1.54, 1.807) is 7.11 Å². The number of nitrogens with zero attached hydrogens (tertiary/aromatic N) is 1. The molecule has 4 heteroatoms. The Labute approximate surface area is 109 Å². The first-order chi connectivity index (χ1) is 8.88. The van der Waals surface area contributed by atoms with Gasteiger partial charge < -0.3 is 4.74 Å². The average Bonchev–Trinajstić information content (AvgIpc) is 2.42. The van der Waals surface area contributed by atoms with Crippen LogP contribution >= 0.6 is 0 Å². The fraction of sp³-hybridized carbons (Fsp3) is 0.571. The van der Waals surface area contributed by atoms with Gasteiger partial charge in [-0.3, -0.25) is 15.2 Å². The van der Waals surface area contributed by atoms with E-state index in [-0.39, 0.29) is 0 Å². The standard InChI is InChI=1S/C14H22N2O2/c1-17-15-13-5-7-14(8-6-13)18-12-11-16-9-3-2-4-10-16/h5-8,15H,2-4,9-12H2,1H3. The number of likely N-dealkylation sites (tertiary alicyclic amines) is 1. The van der Waals surface area contributed by atoms with Crippen molar-refractivity contribution in [3.8, 4) is 5.75 Å². The van der Waals surface area contributed by atoms with Crippen molar-refractivity contribution in [3.63, 3.8) is 0 Å². The van der Waals surface area contributed by atoms with E-state index in [9.17, 15) is 0 Å². The summed E-state index contributed by atoms with van der Waals surface area (Å²) in [4.78, 5) is 7.31. The maximum atomic E-state index is 5.73. The molecule has 0 bridgehead atoms. The van der Waals surface area contributed by atoms with Gasteiger partial charge in [0.15, 0.2) is 0 Å². The van der Waals surface area contributed by atoms with E-state index in [1.165, 1.54) is 32.4 Å². The molecule has 18 heavy (non-hydrogen) atoms. The van der Waals surface area contributed by atoms with Crippen LogP contribution in [0.5, 0.6) is 5.75 Å². The summed E-state index contributed by atoms with van der Waals surface area (Å²) < 4.78 is 5.73. The van der Waals surface area contributed by atoms with Crippen molar-refractivity contribution in [3.05, 3.63) is 24.3 Å². The Hall–Kier alpha value is -1.26. The molecule has 0 saturated carbocycles. The fourth-order valence-corrected chi connectivity index (χ4v) is 2.21. The van der Waals surface area contributed by atoms with Crippen LogP contribution in [0.15, 0.2) is 24.3 Å². The number of piperidine rings is 1. The van der Waals surface area contributed by atoms with Gasteiger partial charge in [-0.1, -0.05) is 6.42 Å². The molecule has 1 N–H and O–H groups in total. The van der Waals surface area contributed by atoms with Crippen LogP contribution in [-0.4, -0.2) is 38.3 Å². The van der Waals surface area contributed by atoms with Crippen molar-refractivity contribution in [2.75, 3.05) is 38.8 Å². The Morgan fingerprint density at radius 2 is 1.83 bits per heavy atom. The van der Waals surface area contributed by atoms with E-state index in [2.05, 4.69) is 10.4 Å². The van der Waals surface area contributed by atoms with Gasteiger partial charge in [0.2, 0.25) is 0 Å². The van der Waals surface area contributed by atoms with Crippen molar-refractivity contribution in [2.24, 2.45) is 0 Å². The molecule has 0 unspecified atom stereocenters. The van der Waals surface area contributed by atoms with Gasteiger partial charge in [-0.25, -0.2) is 0 Å². The Bertz CT molecular complexity index is 334. The van der Waals surface area contributed by atoms with Gasteiger partial charge in [0, 0.05) is 6.54 Å². The number of hydrogen-bond acceptors (Lipinski definition) is 4. The molecule has 4 nitrogen and oxygen atoms in total. The van der Waals surface area contributed by atoms with E-state index in [0.29, 0.717) is 0 Å². The zero-order valence-corrected chi connectivity index (χ0v) is 11.0. The highest BCUT2D eigenvalue weighted by Gasteiger charge is 2.09. The number of hydrogen-bond donors (Lipinski definition) is 1. The Balaban J connectivity index is 1.69. The lowest BCUT2D eigenvalue weighted by molar-refractivity contribution is 0.183. The minimum absolute atomic E-state index is 0.761. The van der Waals surface area contributed by atoms with Gasteiger partial charge in [-0.05, 0) is 50.2 Å². The molecular formula is C14H22N2O2. The lowest BCUT2D eigenvalue weighted by Gasteiger charge is -2.26. The van der Waals surface area contributed by atoms with E-state index in [1.807, 2.05) is 24.3 Å². The molecule has 1 aliphatic heterocycles. The van der Waals surface area contributed by atoms with Crippen LogP contribution in [0.1, 0.15) is 19.3 Å². The molecule has 0 amide bonds. The highest BCUT2D eigenvalue weighted by atomic mass is 16.6. The third-order valence-electron chi connectivity index (χ3n) is 3.20. The quantitative estimate of drug-likeness (QED) is 0.787. The number of benzene rings is 1. The molecule has 1 heterocycles. The van der Waals surface area contributed by atoms with Crippen LogP contribution in [0, 0.1) is 0 Å². The van der Waals surface area contributed by atoms with E-state index in [0.717, 1.165) is 24.6 Å². The van der Waals surface area contributed by atoms with Crippen molar-refractivity contribution >= 4 is 5.69 Å². The van der Waals surface area contributed by atoms with Gasteiger partial charge in [0.05, 0.1) is 12.8 Å². The first kappa shape index (κ1) is 13.2. The predicted molar refractivity (Wildman–Crippen MR) is 72.9 cm³/mol. The second-order valence-electron chi connectivity index (χ2n) is 4.58. The summed E-state index contributed by atoms with van der Waals surface area (Å²) >= 11 is 0. The molecule has 1 saturated heterocycles. The van der Waals surface area contributed by atoms with E-state index >= 15 is 0 Å². The van der Waals surface area contributed by atoms with E-state index in [4.69, 9.17) is 9.57 Å². The third-order valence-corrected chi connectivity index (χ3v) is 3.20. The molecule has 2 rings (SSSR count). The molecule has 0 atom stereocenters. The highest BCUT2D eigenvalue weighted by molar-refractivity contribution is 5.44. The minimum atomic E-state index is 0.761. The normalized spacial score (nSPS) is 16.5. The lowest BCUT2D eigenvalue weighted by Crippen LogP contribution is -2.33. The minimum Gasteiger partial charge on any atom is -0.492 e. The summed E-state index contributed by atoms with van der Waals surface area (Å²) in [6, 6.07) is 7.80. The maximum absolute atomic E-state index is 5.73. The zero-order chi connectivity index (χ0) is 12.6. The predicted octanol–water partition coefficient (Wildman–Crippen LogP) is 2.52. The summed E-state index contributed by atoms with van der Waals surface area (Å²) in [5.41, 5.74) is 3.71. The number of rotatable bonds is 6. The molecule has 100 valence electrons. The summed E-state index contributed by atoms with van der Waals surface area (Å²) in [6.07, 6.45) is 4.04. The molecule has 0 radical (unpaired) electrons. The molecule has 1 aromatic carbocycles. The second kappa shape index (κ2) is 7.24. The van der Waals surface area contributed by atoms with Crippen molar-refractivity contribution in [1.29, 1.82) is 0 Å². The van der Waals surface area contributed by atoms with Crippen LogP contribution in [0.4, 0.5) is 5.69 Å². The summed E-state index contributed by atoms with van der Waals surface area (Å²) in [6.45, 7) is 4.23. The van der Waals surface area contributed by atoms with Crippen LogP contribution in [0.25, 0.3) is 0 Å². The third kappa shape index (κ3) is 4.20. The first-order valence-electron chi connectivity index (χ1n) is 6.63. The van der Waals surface area contributed by atoms with Crippen molar-refractivity contribution in [1.82, 2.24) is 4.90 Å². The summed E-state index contributed by atoms with van der Waals surface area (Å²) in [7, 11) is 1.60. The molecule has 1 fully saturated rings. The van der Waals surface area contributed by atoms with Gasteiger partial charge in [0.25, 0.3) is 0 Å². The van der Waals surface area contributed by atoms with E-state index < -0.39 is 0 Å². The Kier molecular flexibility index (Phi) is 5.30. The van der Waals surface area contributed by atoms with Crippen molar-refractivity contribution in [2.45, 2.75) is 19.3 Å². The van der Waals surface area contributed by atoms with Gasteiger partial charge in [0.1, 0.15) is 12.4 Å². The number of anilines is 1. The molecule has 0 spiro atoms. The molecule has 0 aromatic heterocycles. The van der Waals surface area contributed by atoms with Crippen LogP contribution in [-0.2, 0) is 4.84 Å². The monoisotopic (exact) mass is 250 g/mol. The molecule has 1 aromatic rings. The Morgan fingerprint density at radius 3 is 2.50 bits per heavy atom. The van der Waals surface area contributed by atoms with Crippen LogP contribution in [0.2, 0.25) is 0 Å². The summed E-state index contributed by atoms with van der Waals surface area (Å²) in [5, 5.41) is 0. The van der Waals surface area contributed by atoms with Gasteiger partial charge in [-0.2, -0.15) is 0 Å². The Morgan fingerprint density at radius 1 is 1.11 bits per heavy atom. The largest absolute Gasteiger partial charge is 0.492 e. The first-order valence-corrected chi connectivity index (χ1v) is 6.63. The molecule has 0 aliphatic carbocycles. The smallest absolute Gasteiger partial charge is 0.119 e. The molecule has 1 aliphatic rings. The zero-order valence-electron chi connectivity index (χ0n) is 11.0. The number of ether oxygens (including phenoxy) is 1. The average molecular weight is 250 g/mol. The lowest BCUT2D eigenvalue weighted by atomic mass is 10.1. The topological polar surface area (TPSA) is 33.7 Å². The van der Waals surface area contributed by atoms with Crippen LogP contribution in [0.3, 0.4) is 0 Å². The van der Waals surface area contributed by atoms with Crippen molar-refractivity contribution < 1.29 is 9.57 Å². The maximum Gasteiger partial charge on any atom is 0.119 e. The van der Waals surface area contributed by atoms with Gasteiger partial charge in [-0.15, -0.1) is 0 Å². The summed E-state index contributed by atoms with van der Waals surface area (Å²) in [5.74, 6) is 0.911. The van der Waals surface area contributed by atoms with Gasteiger partial charge >= 0.3 is 0 Å². The fourth-order valence-electron chi connectivity index (χ4n) is 2.21. The molecular weight excluding hydrogens is 228 g/mol. The highest BCUT2D eigenvalue weighted by Crippen LogP contribution is 2.15. The number of nitrogens with one attached hydrogen (secondary N) is 1.